The number of aliphatic hydroxyl groups is 1. The second kappa shape index (κ2) is 5.93. The molecular formula is C15H17N3O2S. The van der Waals surface area contributed by atoms with E-state index in [1.165, 1.54) is 11.3 Å². The summed E-state index contributed by atoms with van der Waals surface area (Å²) in [7, 11) is 0. The number of benzene rings is 1. The van der Waals surface area contributed by atoms with Gasteiger partial charge in [0.1, 0.15) is 5.69 Å². The van der Waals surface area contributed by atoms with E-state index in [0.717, 1.165) is 12.1 Å². The number of piperidine rings is 1. The highest BCUT2D eigenvalue weighted by Crippen LogP contribution is 2.31. The van der Waals surface area contributed by atoms with E-state index in [0.29, 0.717) is 18.7 Å². The third-order valence-corrected chi connectivity index (χ3v) is 4.48. The van der Waals surface area contributed by atoms with Crippen LogP contribution in [0.5, 0.6) is 0 Å². The van der Waals surface area contributed by atoms with Crippen molar-refractivity contribution in [2.45, 2.75) is 18.1 Å². The molecule has 1 aromatic heterocycles. The zero-order valence-electron chi connectivity index (χ0n) is 11.5. The number of thiazole rings is 1. The highest BCUT2D eigenvalue weighted by molar-refractivity contribution is 7.07. The zero-order chi connectivity index (χ0) is 14.7. The van der Waals surface area contributed by atoms with Crippen LogP contribution < -0.4 is 10.6 Å². The molecule has 5 nitrogen and oxygen atoms in total. The predicted octanol–water partition coefficient (Wildman–Crippen LogP) is 1.12. The smallest absolute Gasteiger partial charge is 0.271 e. The fourth-order valence-corrected chi connectivity index (χ4v) is 3.28. The third-order valence-electron chi connectivity index (χ3n) is 3.89. The highest BCUT2D eigenvalue weighted by Gasteiger charge is 2.43. The molecule has 2 heterocycles. The summed E-state index contributed by atoms with van der Waals surface area (Å²) in [6, 6.07) is 9.64. The van der Waals surface area contributed by atoms with Gasteiger partial charge in [-0.25, -0.2) is 4.98 Å². The topological polar surface area (TPSA) is 74.2 Å². The van der Waals surface area contributed by atoms with E-state index in [9.17, 15) is 9.90 Å². The highest BCUT2D eigenvalue weighted by atomic mass is 32.1. The van der Waals surface area contributed by atoms with Gasteiger partial charge in [-0.1, -0.05) is 30.3 Å². The van der Waals surface area contributed by atoms with Gasteiger partial charge in [0.05, 0.1) is 17.2 Å². The second-order valence-corrected chi connectivity index (χ2v) is 5.85. The van der Waals surface area contributed by atoms with Crippen molar-refractivity contribution in [3.05, 3.63) is 52.5 Å². The fraction of sp³-hybridized carbons (Fsp3) is 0.333. The van der Waals surface area contributed by atoms with Crippen LogP contribution in [0.4, 0.5) is 0 Å². The van der Waals surface area contributed by atoms with Crippen LogP contribution in [0.2, 0.25) is 0 Å². The third kappa shape index (κ3) is 2.70. The molecule has 1 fully saturated rings. The summed E-state index contributed by atoms with van der Waals surface area (Å²) in [6.45, 7) is 1.19. The summed E-state index contributed by atoms with van der Waals surface area (Å²) in [4.78, 5) is 16.4. The van der Waals surface area contributed by atoms with Crippen LogP contribution in [0.15, 0.2) is 41.2 Å². The average Bonchev–Trinajstić information content (AvgIpc) is 3.05. The van der Waals surface area contributed by atoms with Crippen molar-refractivity contribution in [1.82, 2.24) is 15.6 Å². The standard InChI is InChI=1S/C15H17N3O2S/c19-13-8-16-7-6-15(13,11-4-2-1-3-5-11)18-14(20)12-9-21-10-17-12/h1-5,9-10,13,16,19H,6-8H2,(H,18,20)/t13-,15+/m1/s1. The lowest BCUT2D eigenvalue weighted by Crippen LogP contribution is -2.61. The number of rotatable bonds is 3. The van der Waals surface area contributed by atoms with Gasteiger partial charge < -0.3 is 15.7 Å². The van der Waals surface area contributed by atoms with Gasteiger partial charge in [-0.05, 0) is 18.5 Å². The maximum absolute atomic E-state index is 12.4. The van der Waals surface area contributed by atoms with E-state index in [4.69, 9.17) is 0 Å². The van der Waals surface area contributed by atoms with E-state index in [1.54, 1.807) is 10.9 Å². The number of nitrogens with one attached hydrogen (secondary N) is 2. The van der Waals surface area contributed by atoms with Crippen molar-refractivity contribution >= 4 is 17.2 Å². The van der Waals surface area contributed by atoms with Crippen LogP contribution in [0.3, 0.4) is 0 Å². The van der Waals surface area contributed by atoms with Gasteiger partial charge in [0.25, 0.3) is 5.91 Å². The molecule has 3 rings (SSSR count). The first-order valence-electron chi connectivity index (χ1n) is 6.87. The number of hydrogen-bond acceptors (Lipinski definition) is 5. The largest absolute Gasteiger partial charge is 0.389 e. The molecule has 2 atom stereocenters. The molecule has 0 aliphatic carbocycles. The summed E-state index contributed by atoms with van der Waals surface area (Å²) in [6.07, 6.45) is -0.0510. The van der Waals surface area contributed by atoms with Gasteiger partial charge >= 0.3 is 0 Å². The summed E-state index contributed by atoms with van der Waals surface area (Å²) in [5.41, 5.74) is 2.17. The summed E-state index contributed by atoms with van der Waals surface area (Å²) >= 11 is 1.38. The van der Waals surface area contributed by atoms with Crippen LogP contribution in [-0.2, 0) is 5.54 Å². The van der Waals surface area contributed by atoms with E-state index in [1.807, 2.05) is 30.3 Å². The minimum atomic E-state index is -0.771. The second-order valence-electron chi connectivity index (χ2n) is 5.14. The number of carbonyl (C=O) groups excluding carboxylic acids is 1. The van der Waals surface area contributed by atoms with Gasteiger partial charge in [0.15, 0.2) is 0 Å². The van der Waals surface area contributed by atoms with E-state index >= 15 is 0 Å². The maximum atomic E-state index is 12.4. The molecule has 0 unspecified atom stereocenters. The normalized spacial score (nSPS) is 25.5. The number of aromatic nitrogens is 1. The molecule has 110 valence electrons. The first-order chi connectivity index (χ1) is 10.2. The summed E-state index contributed by atoms with van der Waals surface area (Å²) in [5, 5.41) is 18.4. The maximum Gasteiger partial charge on any atom is 0.271 e. The van der Waals surface area contributed by atoms with Crippen LogP contribution in [0.25, 0.3) is 0 Å². The number of carbonyl (C=O) groups is 1. The average molecular weight is 303 g/mol. The van der Waals surface area contributed by atoms with Crippen molar-refractivity contribution in [1.29, 1.82) is 0 Å². The van der Waals surface area contributed by atoms with Crippen LogP contribution in [-0.4, -0.2) is 35.2 Å². The molecule has 1 aliphatic heterocycles. The Labute approximate surface area is 127 Å². The van der Waals surface area contributed by atoms with Crippen molar-refractivity contribution in [2.24, 2.45) is 0 Å². The predicted molar refractivity (Wildman–Crippen MR) is 81.2 cm³/mol. The number of β-amino-alcohol motifs (C(OH)–C–C–N with tert-alkyl or cyclic N) is 1. The van der Waals surface area contributed by atoms with Gasteiger partial charge in [0, 0.05) is 11.9 Å². The Kier molecular flexibility index (Phi) is 4.01. The Balaban J connectivity index is 1.95. The molecule has 6 heteroatoms. The molecule has 0 spiro atoms. The first kappa shape index (κ1) is 14.2. The van der Waals surface area contributed by atoms with Crippen molar-refractivity contribution in [2.75, 3.05) is 13.1 Å². The van der Waals surface area contributed by atoms with Gasteiger partial charge in [-0.15, -0.1) is 11.3 Å². The van der Waals surface area contributed by atoms with E-state index in [-0.39, 0.29) is 5.91 Å². The number of nitrogens with zero attached hydrogens (tertiary/aromatic N) is 1. The Morgan fingerprint density at radius 1 is 1.43 bits per heavy atom. The quantitative estimate of drug-likeness (QED) is 0.794. The number of amides is 1. The van der Waals surface area contributed by atoms with Gasteiger partial charge in [0.2, 0.25) is 0 Å². The number of aliphatic hydroxyl groups excluding tert-OH is 1. The van der Waals surface area contributed by atoms with Gasteiger partial charge in [-0.3, -0.25) is 4.79 Å². The molecule has 1 aromatic carbocycles. The molecule has 0 saturated carbocycles. The summed E-state index contributed by atoms with van der Waals surface area (Å²) < 4.78 is 0. The monoisotopic (exact) mass is 303 g/mol. The molecule has 1 aliphatic rings. The Hall–Kier alpha value is -1.76. The summed E-state index contributed by atoms with van der Waals surface area (Å²) in [5.74, 6) is -0.249. The van der Waals surface area contributed by atoms with Crippen molar-refractivity contribution < 1.29 is 9.90 Å². The Morgan fingerprint density at radius 3 is 2.90 bits per heavy atom. The van der Waals surface area contributed by atoms with Crippen molar-refractivity contribution in [3.63, 3.8) is 0 Å². The zero-order valence-corrected chi connectivity index (χ0v) is 12.3. The minimum absolute atomic E-state index is 0.249. The van der Waals surface area contributed by atoms with E-state index in [2.05, 4.69) is 15.6 Å². The molecule has 1 amide bonds. The Morgan fingerprint density at radius 2 is 2.24 bits per heavy atom. The molecule has 0 radical (unpaired) electrons. The molecule has 21 heavy (non-hydrogen) atoms. The van der Waals surface area contributed by atoms with Crippen LogP contribution >= 0.6 is 11.3 Å². The van der Waals surface area contributed by atoms with Gasteiger partial charge in [-0.2, -0.15) is 0 Å². The molecule has 0 bridgehead atoms. The van der Waals surface area contributed by atoms with E-state index < -0.39 is 11.6 Å². The van der Waals surface area contributed by atoms with Crippen LogP contribution in [0.1, 0.15) is 22.5 Å². The molecular weight excluding hydrogens is 286 g/mol. The molecule has 2 aromatic rings. The lowest BCUT2D eigenvalue weighted by atomic mass is 9.79. The molecule has 1 saturated heterocycles. The lowest BCUT2D eigenvalue weighted by Gasteiger charge is -2.42. The fourth-order valence-electron chi connectivity index (χ4n) is 2.75. The minimum Gasteiger partial charge on any atom is -0.389 e. The van der Waals surface area contributed by atoms with Crippen LogP contribution in [0, 0.1) is 0 Å². The van der Waals surface area contributed by atoms with Crippen molar-refractivity contribution in [3.8, 4) is 0 Å². The SMILES string of the molecule is O=C(N[C@]1(c2ccccc2)CCNC[C@H]1O)c1cscn1. The Bertz CT molecular complexity index is 603. The number of hydrogen-bond donors (Lipinski definition) is 3. The lowest BCUT2D eigenvalue weighted by molar-refractivity contribution is 0.0288. The molecule has 3 N–H and O–H groups in total. The first-order valence-corrected chi connectivity index (χ1v) is 7.82.